The Labute approximate surface area is 108 Å². The molecule has 0 aliphatic rings. The third-order valence-corrected chi connectivity index (χ3v) is 3.42. The van der Waals surface area contributed by atoms with Crippen LogP contribution in [0.5, 0.6) is 5.75 Å². The first-order valence-corrected chi connectivity index (χ1v) is 6.27. The van der Waals surface area contributed by atoms with Crippen LogP contribution in [0.1, 0.15) is 31.7 Å². The number of rotatable bonds is 4. The van der Waals surface area contributed by atoms with Crippen LogP contribution in [0.25, 0.3) is 10.8 Å². The van der Waals surface area contributed by atoms with Crippen molar-refractivity contribution in [3.05, 3.63) is 42.0 Å². The first-order chi connectivity index (χ1) is 8.69. The molecule has 0 saturated carbocycles. The number of methoxy groups -OCH3 is 1. The first kappa shape index (κ1) is 12.6. The lowest BCUT2D eigenvalue weighted by molar-refractivity contribution is -0.119. The lowest BCUT2D eigenvalue weighted by atomic mass is 9.90. The van der Waals surface area contributed by atoms with Gasteiger partial charge in [0.05, 0.1) is 7.11 Å². The standard InChI is InChI=1S/C16H18O2/c1-4-14(17)11(2)16-13-8-6-5-7-12(13)9-10-15(16)18-3/h5-11H,4H2,1-3H3. The Balaban J connectivity index is 2.68. The molecule has 2 nitrogen and oxygen atoms in total. The summed E-state index contributed by atoms with van der Waals surface area (Å²) < 4.78 is 5.42. The van der Waals surface area contributed by atoms with Crippen molar-refractivity contribution in [2.24, 2.45) is 0 Å². The van der Waals surface area contributed by atoms with E-state index in [-0.39, 0.29) is 11.7 Å². The van der Waals surface area contributed by atoms with Gasteiger partial charge in [-0.15, -0.1) is 0 Å². The molecule has 0 radical (unpaired) electrons. The van der Waals surface area contributed by atoms with Gasteiger partial charge in [0.2, 0.25) is 0 Å². The van der Waals surface area contributed by atoms with Crippen molar-refractivity contribution in [1.29, 1.82) is 0 Å². The Morgan fingerprint density at radius 3 is 2.61 bits per heavy atom. The smallest absolute Gasteiger partial charge is 0.139 e. The minimum absolute atomic E-state index is 0.129. The maximum atomic E-state index is 12.0. The molecule has 0 aliphatic carbocycles. The van der Waals surface area contributed by atoms with Crippen molar-refractivity contribution in [3.8, 4) is 5.75 Å². The summed E-state index contributed by atoms with van der Waals surface area (Å²) in [5.74, 6) is 0.906. The molecular formula is C16H18O2. The van der Waals surface area contributed by atoms with Crippen LogP contribution in [0.3, 0.4) is 0 Å². The molecule has 0 heterocycles. The summed E-state index contributed by atoms with van der Waals surface area (Å²) in [6, 6.07) is 12.1. The number of carbonyl (C=O) groups excluding carboxylic acids is 1. The van der Waals surface area contributed by atoms with Crippen LogP contribution in [-0.4, -0.2) is 12.9 Å². The maximum absolute atomic E-state index is 12.0. The highest BCUT2D eigenvalue weighted by Gasteiger charge is 2.20. The molecule has 0 aromatic heterocycles. The summed E-state index contributed by atoms with van der Waals surface area (Å²) in [7, 11) is 1.65. The number of ether oxygens (including phenoxy) is 1. The summed E-state index contributed by atoms with van der Waals surface area (Å²) in [5.41, 5.74) is 1.00. The molecule has 0 aliphatic heterocycles. The van der Waals surface area contributed by atoms with Crippen LogP contribution in [0.2, 0.25) is 0 Å². The van der Waals surface area contributed by atoms with E-state index in [0.717, 1.165) is 22.1 Å². The third kappa shape index (κ3) is 2.10. The van der Waals surface area contributed by atoms with E-state index in [1.807, 2.05) is 44.2 Å². The highest BCUT2D eigenvalue weighted by molar-refractivity contribution is 5.95. The Kier molecular flexibility index (Phi) is 3.66. The quantitative estimate of drug-likeness (QED) is 0.812. The fraction of sp³-hybridized carbons (Fsp3) is 0.312. The van der Waals surface area contributed by atoms with Gasteiger partial charge in [-0.2, -0.15) is 0 Å². The van der Waals surface area contributed by atoms with Crippen LogP contribution in [0, 0.1) is 0 Å². The van der Waals surface area contributed by atoms with Crippen molar-refractivity contribution < 1.29 is 9.53 Å². The van der Waals surface area contributed by atoms with E-state index < -0.39 is 0 Å². The molecule has 2 rings (SSSR count). The van der Waals surface area contributed by atoms with Gasteiger partial charge >= 0.3 is 0 Å². The number of Topliss-reactive ketones (excluding diaryl/α,β-unsaturated/α-hetero) is 1. The zero-order chi connectivity index (χ0) is 13.1. The number of hydrogen-bond donors (Lipinski definition) is 0. The fourth-order valence-corrected chi connectivity index (χ4v) is 2.37. The second-order valence-electron chi connectivity index (χ2n) is 4.44. The van der Waals surface area contributed by atoms with E-state index in [1.165, 1.54) is 0 Å². The van der Waals surface area contributed by atoms with Gasteiger partial charge in [0, 0.05) is 17.9 Å². The predicted octanol–water partition coefficient (Wildman–Crippen LogP) is 3.93. The van der Waals surface area contributed by atoms with E-state index in [4.69, 9.17) is 4.74 Å². The van der Waals surface area contributed by atoms with E-state index in [0.29, 0.717) is 6.42 Å². The Hall–Kier alpha value is -1.83. The average molecular weight is 242 g/mol. The molecule has 18 heavy (non-hydrogen) atoms. The van der Waals surface area contributed by atoms with Crippen molar-refractivity contribution >= 4 is 16.6 Å². The van der Waals surface area contributed by atoms with Gasteiger partial charge < -0.3 is 4.74 Å². The van der Waals surface area contributed by atoms with Crippen molar-refractivity contribution in [2.75, 3.05) is 7.11 Å². The van der Waals surface area contributed by atoms with Gasteiger partial charge in [-0.05, 0) is 16.8 Å². The van der Waals surface area contributed by atoms with Crippen molar-refractivity contribution in [1.82, 2.24) is 0 Å². The third-order valence-electron chi connectivity index (χ3n) is 3.42. The van der Waals surface area contributed by atoms with Gasteiger partial charge in [-0.1, -0.05) is 44.2 Å². The Morgan fingerprint density at radius 2 is 1.94 bits per heavy atom. The summed E-state index contributed by atoms with van der Waals surface area (Å²) in [6.07, 6.45) is 0.549. The molecule has 1 unspecified atom stereocenters. The van der Waals surface area contributed by atoms with E-state index in [9.17, 15) is 4.79 Å². The van der Waals surface area contributed by atoms with E-state index in [1.54, 1.807) is 7.11 Å². The molecule has 0 saturated heterocycles. The van der Waals surface area contributed by atoms with Gasteiger partial charge in [0.1, 0.15) is 11.5 Å². The molecule has 0 bridgehead atoms. The monoisotopic (exact) mass is 242 g/mol. The molecule has 2 heteroatoms. The minimum atomic E-state index is -0.129. The van der Waals surface area contributed by atoms with E-state index in [2.05, 4.69) is 6.07 Å². The highest BCUT2D eigenvalue weighted by atomic mass is 16.5. The van der Waals surface area contributed by atoms with Crippen molar-refractivity contribution in [3.63, 3.8) is 0 Å². The van der Waals surface area contributed by atoms with Crippen LogP contribution in [-0.2, 0) is 4.79 Å². The number of benzene rings is 2. The number of ketones is 1. The lowest BCUT2D eigenvalue weighted by Gasteiger charge is -2.17. The largest absolute Gasteiger partial charge is 0.496 e. The van der Waals surface area contributed by atoms with Gasteiger partial charge in [-0.3, -0.25) is 4.79 Å². The molecule has 2 aromatic rings. The second kappa shape index (κ2) is 5.21. The topological polar surface area (TPSA) is 26.3 Å². The van der Waals surface area contributed by atoms with Gasteiger partial charge in [-0.25, -0.2) is 0 Å². The number of fused-ring (bicyclic) bond motifs is 1. The van der Waals surface area contributed by atoms with Crippen molar-refractivity contribution in [2.45, 2.75) is 26.2 Å². The molecule has 2 aromatic carbocycles. The summed E-state index contributed by atoms with van der Waals surface area (Å²) in [4.78, 5) is 12.0. The maximum Gasteiger partial charge on any atom is 0.139 e. The van der Waals surface area contributed by atoms with Crippen LogP contribution < -0.4 is 4.74 Å². The van der Waals surface area contributed by atoms with E-state index >= 15 is 0 Å². The molecule has 0 spiro atoms. The number of carbonyl (C=O) groups is 1. The lowest BCUT2D eigenvalue weighted by Crippen LogP contribution is -2.09. The fourth-order valence-electron chi connectivity index (χ4n) is 2.37. The first-order valence-electron chi connectivity index (χ1n) is 6.27. The molecule has 0 fully saturated rings. The predicted molar refractivity (Wildman–Crippen MR) is 74.2 cm³/mol. The second-order valence-corrected chi connectivity index (χ2v) is 4.44. The van der Waals surface area contributed by atoms with Gasteiger partial charge in [0.15, 0.2) is 0 Å². The van der Waals surface area contributed by atoms with Gasteiger partial charge in [0.25, 0.3) is 0 Å². The number of hydrogen-bond acceptors (Lipinski definition) is 2. The van der Waals surface area contributed by atoms with Crippen LogP contribution in [0.4, 0.5) is 0 Å². The SMILES string of the molecule is CCC(=O)C(C)c1c(OC)ccc2ccccc12. The Morgan fingerprint density at radius 1 is 1.22 bits per heavy atom. The molecule has 0 amide bonds. The summed E-state index contributed by atoms with van der Waals surface area (Å²) in [5, 5.41) is 2.25. The average Bonchev–Trinajstić information content (AvgIpc) is 2.44. The summed E-state index contributed by atoms with van der Waals surface area (Å²) in [6.45, 7) is 3.85. The minimum Gasteiger partial charge on any atom is -0.496 e. The normalized spacial score (nSPS) is 12.4. The highest BCUT2D eigenvalue weighted by Crippen LogP contribution is 2.34. The van der Waals surface area contributed by atoms with Crippen LogP contribution in [0.15, 0.2) is 36.4 Å². The Bertz CT molecular complexity index is 572. The van der Waals surface area contributed by atoms with Crippen LogP contribution >= 0.6 is 0 Å². The molecular weight excluding hydrogens is 224 g/mol. The molecule has 0 N–H and O–H groups in total. The molecule has 94 valence electrons. The summed E-state index contributed by atoms with van der Waals surface area (Å²) >= 11 is 0. The molecule has 1 atom stereocenters. The zero-order valence-electron chi connectivity index (χ0n) is 11.1. The zero-order valence-corrected chi connectivity index (χ0v) is 11.1.